The standard InChI is InChI=1S/C27H36BrN3O3S/c1-26(2,3)34-25(33)29-22(23-5-4-18-35-23)10-14-30-15-11-27(12-16-30)13-17-31(24(27)32)19-20-6-8-21(28)9-7-20/h4-9,18,22H,10-17,19H2,1-3H3,(H,29,33). The molecule has 2 saturated heterocycles. The molecule has 2 fully saturated rings. The second-order valence-electron chi connectivity index (χ2n) is 10.7. The molecule has 6 nitrogen and oxygen atoms in total. The van der Waals surface area contributed by atoms with E-state index in [1.165, 1.54) is 5.56 Å². The second-order valence-corrected chi connectivity index (χ2v) is 12.6. The van der Waals surface area contributed by atoms with E-state index in [1.807, 2.05) is 49.3 Å². The lowest BCUT2D eigenvalue weighted by Crippen LogP contribution is -2.45. The number of piperidine rings is 1. The van der Waals surface area contributed by atoms with Crippen molar-refractivity contribution >= 4 is 39.3 Å². The quantitative estimate of drug-likeness (QED) is 0.451. The number of hydrogen-bond acceptors (Lipinski definition) is 5. The van der Waals surface area contributed by atoms with Gasteiger partial charge in [0, 0.05) is 29.0 Å². The van der Waals surface area contributed by atoms with Crippen molar-refractivity contribution in [2.45, 2.75) is 64.6 Å². The summed E-state index contributed by atoms with van der Waals surface area (Å²) in [6.07, 6.45) is 3.21. The Morgan fingerprint density at radius 3 is 2.46 bits per heavy atom. The highest BCUT2D eigenvalue weighted by Gasteiger charge is 2.47. The van der Waals surface area contributed by atoms with Gasteiger partial charge in [-0.1, -0.05) is 34.1 Å². The van der Waals surface area contributed by atoms with Gasteiger partial charge >= 0.3 is 6.09 Å². The van der Waals surface area contributed by atoms with Crippen LogP contribution in [0.2, 0.25) is 0 Å². The molecular formula is C27H36BrN3O3S. The van der Waals surface area contributed by atoms with Crippen molar-refractivity contribution in [3.63, 3.8) is 0 Å². The van der Waals surface area contributed by atoms with Crippen molar-refractivity contribution in [1.29, 1.82) is 0 Å². The number of benzene rings is 1. The zero-order valence-corrected chi connectivity index (χ0v) is 23.3. The van der Waals surface area contributed by atoms with Crippen molar-refractivity contribution in [2.75, 3.05) is 26.2 Å². The summed E-state index contributed by atoms with van der Waals surface area (Å²) < 4.78 is 6.54. The lowest BCUT2D eigenvalue weighted by atomic mass is 9.77. The number of halogens is 1. The summed E-state index contributed by atoms with van der Waals surface area (Å²) in [5.74, 6) is 0.322. The Labute approximate surface area is 221 Å². The van der Waals surface area contributed by atoms with Crippen molar-refractivity contribution in [3.05, 3.63) is 56.7 Å². The molecule has 3 heterocycles. The van der Waals surface area contributed by atoms with E-state index < -0.39 is 5.60 Å². The van der Waals surface area contributed by atoms with Crippen LogP contribution in [0.5, 0.6) is 0 Å². The fraction of sp³-hybridized carbons (Fsp3) is 0.556. The van der Waals surface area contributed by atoms with Crippen LogP contribution in [0.1, 0.15) is 62.9 Å². The van der Waals surface area contributed by atoms with Gasteiger partial charge in [0.15, 0.2) is 0 Å². The first-order valence-corrected chi connectivity index (χ1v) is 14.1. The highest BCUT2D eigenvalue weighted by molar-refractivity contribution is 9.10. The number of carbonyl (C=O) groups excluding carboxylic acids is 2. The summed E-state index contributed by atoms with van der Waals surface area (Å²) in [7, 11) is 0. The molecule has 0 bridgehead atoms. The molecule has 2 amide bonds. The van der Waals surface area contributed by atoms with E-state index in [4.69, 9.17) is 4.74 Å². The van der Waals surface area contributed by atoms with Gasteiger partial charge in [-0.3, -0.25) is 4.79 Å². The Morgan fingerprint density at radius 1 is 1.14 bits per heavy atom. The van der Waals surface area contributed by atoms with Gasteiger partial charge < -0.3 is 19.9 Å². The average molecular weight is 563 g/mol. The Balaban J connectivity index is 1.29. The van der Waals surface area contributed by atoms with Gasteiger partial charge in [0.1, 0.15) is 5.60 Å². The maximum Gasteiger partial charge on any atom is 0.408 e. The van der Waals surface area contributed by atoms with Gasteiger partial charge in [0.25, 0.3) is 0 Å². The van der Waals surface area contributed by atoms with Crippen LogP contribution in [0.4, 0.5) is 4.79 Å². The van der Waals surface area contributed by atoms with Crippen molar-refractivity contribution in [3.8, 4) is 0 Å². The van der Waals surface area contributed by atoms with Crippen LogP contribution in [0, 0.1) is 5.41 Å². The van der Waals surface area contributed by atoms with Crippen LogP contribution in [0.3, 0.4) is 0 Å². The van der Waals surface area contributed by atoms with Gasteiger partial charge in [-0.25, -0.2) is 4.79 Å². The van der Waals surface area contributed by atoms with E-state index in [9.17, 15) is 9.59 Å². The molecular weight excluding hydrogens is 526 g/mol. The second kappa shape index (κ2) is 11.0. The van der Waals surface area contributed by atoms with Crippen molar-refractivity contribution < 1.29 is 14.3 Å². The molecule has 4 rings (SSSR count). The monoisotopic (exact) mass is 561 g/mol. The van der Waals surface area contributed by atoms with E-state index in [2.05, 4.69) is 44.3 Å². The predicted octanol–water partition coefficient (Wildman–Crippen LogP) is 5.98. The molecule has 1 N–H and O–H groups in total. The van der Waals surface area contributed by atoms with Crippen LogP contribution in [-0.4, -0.2) is 53.6 Å². The predicted molar refractivity (Wildman–Crippen MR) is 143 cm³/mol. The van der Waals surface area contributed by atoms with Crippen molar-refractivity contribution in [1.82, 2.24) is 15.1 Å². The number of nitrogens with zero attached hydrogens (tertiary/aromatic N) is 2. The fourth-order valence-corrected chi connectivity index (χ4v) is 6.14. The molecule has 2 aliphatic rings. The van der Waals surface area contributed by atoms with Gasteiger partial charge in [-0.2, -0.15) is 0 Å². The Bertz CT molecular complexity index is 996. The minimum absolute atomic E-state index is 0.0738. The number of alkyl carbamates (subject to hydrolysis) is 1. The molecule has 0 aliphatic carbocycles. The maximum atomic E-state index is 13.4. The van der Waals surface area contributed by atoms with Gasteiger partial charge in [0.05, 0.1) is 11.5 Å². The first-order valence-electron chi connectivity index (χ1n) is 12.4. The van der Waals surface area contributed by atoms with Crippen LogP contribution < -0.4 is 5.32 Å². The number of amides is 2. The number of ether oxygens (including phenoxy) is 1. The maximum absolute atomic E-state index is 13.4. The first-order chi connectivity index (χ1) is 16.6. The Kier molecular flexibility index (Phi) is 8.23. The topological polar surface area (TPSA) is 61.9 Å². The third-order valence-corrected chi connectivity index (χ3v) is 8.53. The average Bonchev–Trinajstić information content (AvgIpc) is 3.43. The minimum Gasteiger partial charge on any atom is -0.444 e. The molecule has 1 aromatic heterocycles. The number of thiophene rings is 1. The molecule has 1 atom stereocenters. The molecule has 1 unspecified atom stereocenters. The lowest BCUT2D eigenvalue weighted by Gasteiger charge is -2.38. The summed E-state index contributed by atoms with van der Waals surface area (Å²) in [4.78, 5) is 31.4. The number of rotatable bonds is 7. The normalized spacial score (nSPS) is 19.2. The zero-order chi connectivity index (χ0) is 25.1. The summed E-state index contributed by atoms with van der Waals surface area (Å²) in [6.45, 7) is 9.88. The Hall–Kier alpha value is -1.90. The molecule has 0 saturated carbocycles. The molecule has 35 heavy (non-hydrogen) atoms. The van der Waals surface area contributed by atoms with E-state index in [0.717, 1.165) is 61.2 Å². The number of carbonyl (C=O) groups is 2. The summed E-state index contributed by atoms with van der Waals surface area (Å²) in [5.41, 5.74) is 0.450. The fourth-order valence-electron chi connectivity index (χ4n) is 5.06. The summed E-state index contributed by atoms with van der Waals surface area (Å²) in [6, 6.07) is 12.2. The molecule has 2 aromatic rings. The molecule has 0 radical (unpaired) electrons. The van der Waals surface area contributed by atoms with E-state index >= 15 is 0 Å². The molecule has 1 aromatic carbocycles. The van der Waals surface area contributed by atoms with E-state index in [-0.39, 0.29) is 17.6 Å². The van der Waals surface area contributed by atoms with Crippen LogP contribution in [0.25, 0.3) is 0 Å². The minimum atomic E-state index is -0.523. The van der Waals surface area contributed by atoms with Crippen molar-refractivity contribution in [2.24, 2.45) is 5.41 Å². The molecule has 190 valence electrons. The summed E-state index contributed by atoms with van der Waals surface area (Å²) in [5, 5.41) is 5.10. The SMILES string of the molecule is CC(C)(C)OC(=O)NC(CCN1CCC2(CC1)CCN(Cc1ccc(Br)cc1)C2=O)c1cccs1. The summed E-state index contributed by atoms with van der Waals surface area (Å²) >= 11 is 5.13. The lowest BCUT2D eigenvalue weighted by molar-refractivity contribution is -0.138. The first kappa shape index (κ1) is 26.2. The van der Waals surface area contributed by atoms with E-state index in [0.29, 0.717) is 12.5 Å². The van der Waals surface area contributed by atoms with E-state index in [1.54, 1.807) is 11.3 Å². The third-order valence-electron chi connectivity index (χ3n) is 7.01. The number of nitrogens with one attached hydrogen (secondary N) is 1. The van der Waals surface area contributed by atoms with Crippen LogP contribution in [0.15, 0.2) is 46.3 Å². The molecule has 1 spiro atoms. The number of likely N-dealkylation sites (tertiary alicyclic amines) is 2. The zero-order valence-electron chi connectivity index (χ0n) is 20.9. The smallest absolute Gasteiger partial charge is 0.408 e. The number of hydrogen-bond donors (Lipinski definition) is 1. The molecule has 2 aliphatic heterocycles. The highest BCUT2D eigenvalue weighted by Crippen LogP contribution is 2.42. The van der Waals surface area contributed by atoms with Crippen LogP contribution in [-0.2, 0) is 16.1 Å². The van der Waals surface area contributed by atoms with Crippen LogP contribution >= 0.6 is 27.3 Å². The third kappa shape index (κ3) is 6.86. The van der Waals surface area contributed by atoms with Gasteiger partial charge in [-0.15, -0.1) is 11.3 Å². The largest absolute Gasteiger partial charge is 0.444 e. The highest BCUT2D eigenvalue weighted by atomic mass is 79.9. The van der Waals surface area contributed by atoms with Gasteiger partial charge in [-0.05, 0) is 88.7 Å². The Morgan fingerprint density at radius 2 is 1.83 bits per heavy atom. The molecule has 8 heteroatoms. The van der Waals surface area contributed by atoms with Gasteiger partial charge in [0.2, 0.25) is 5.91 Å².